The zero-order chi connectivity index (χ0) is 18.1. The number of carbonyl (C=O) groups excluding carboxylic acids is 2. The summed E-state index contributed by atoms with van der Waals surface area (Å²) in [6.07, 6.45) is 2.99. The minimum atomic E-state index is -0.477. The maximum absolute atomic E-state index is 12.8. The molecule has 0 spiro atoms. The van der Waals surface area contributed by atoms with Crippen LogP contribution in [0.4, 0.5) is 0 Å². The summed E-state index contributed by atoms with van der Waals surface area (Å²) in [6.45, 7) is 0. The molecule has 2 N–H and O–H groups in total. The molecule has 0 atom stereocenters. The van der Waals surface area contributed by atoms with Gasteiger partial charge in [0.05, 0.1) is 0 Å². The van der Waals surface area contributed by atoms with Crippen molar-refractivity contribution in [1.29, 1.82) is 0 Å². The minimum Gasteiger partial charge on any atom is -0.505 e. The Hall–Kier alpha value is -3.66. The second kappa shape index (κ2) is 6.33. The first kappa shape index (κ1) is 15.8. The van der Waals surface area contributed by atoms with Gasteiger partial charge in [-0.2, -0.15) is 0 Å². The third kappa shape index (κ3) is 2.67. The number of rotatable bonds is 3. The fourth-order valence-electron chi connectivity index (χ4n) is 3.12. The molecule has 0 bridgehead atoms. The van der Waals surface area contributed by atoms with Gasteiger partial charge in [-0.1, -0.05) is 66.7 Å². The highest BCUT2D eigenvalue weighted by Gasteiger charge is 2.28. The number of amides is 1. The number of aliphatic hydroxyl groups is 1. The fraction of sp³-hybridized carbons (Fsp3) is 0. The van der Waals surface area contributed by atoms with Crippen molar-refractivity contribution in [2.45, 2.75) is 0 Å². The van der Waals surface area contributed by atoms with E-state index >= 15 is 0 Å². The van der Waals surface area contributed by atoms with Gasteiger partial charge < -0.3 is 10.4 Å². The maximum atomic E-state index is 12.8. The van der Waals surface area contributed by atoms with Crippen molar-refractivity contribution in [3.8, 4) is 0 Å². The molecule has 0 saturated carbocycles. The van der Waals surface area contributed by atoms with Gasteiger partial charge in [0.15, 0.2) is 5.76 Å². The summed E-state index contributed by atoms with van der Waals surface area (Å²) in [5, 5.41) is 14.7. The summed E-state index contributed by atoms with van der Waals surface area (Å²) < 4.78 is 0. The number of allylic oxidation sites excluding steroid dienone is 1. The summed E-state index contributed by atoms with van der Waals surface area (Å²) >= 11 is 0. The van der Waals surface area contributed by atoms with Gasteiger partial charge in [0.1, 0.15) is 5.70 Å². The van der Waals surface area contributed by atoms with Crippen molar-refractivity contribution in [3.63, 3.8) is 0 Å². The molecule has 126 valence electrons. The molecule has 26 heavy (non-hydrogen) atoms. The van der Waals surface area contributed by atoms with Crippen LogP contribution in [0, 0.1) is 0 Å². The molecule has 0 aromatic heterocycles. The predicted octanol–water partition coefficient (Wildman–Crippen LogP) is 4.09. The van der Waals surface area contributed by atoms with E-state index in [4.69, 9.17) is 0 Å². The lowest BCUT2D eigenvalue weighted by molar-refractivity contribution is -0.115. The summed E-state index contributed by atoms with van der Waals surface area (Å²) in [7, 11) is 0. The summed E-state index contributed by atoms with van der Waals surface area (Å²) in [5.41, 5.74) is 1.78. The molecule has 1 amide bonds. The molecule has 0 aliphatic heterocycles. The van der Waals surface area contributed by atoms with Gasteiger partial charge in [0.25, 0.3) is 0 Å². The van der Waals surface area contributed by atoms with E-state index in [1.807, 2.05) is 48.5 Å². The molecule has 3 aromatic rings. The maximum Gasteiger partial charge on any atom is 0.248 e. The highest BCUT2D eigenvalue weighted by Crippen LogP contribution is 2.34. The number of hydrogen-bond acceptors (Lipinski definition) is 3. The van der Waals surface area contributed by atoms with Crippen LogP contribution in [-0.2, 0) is 4.79 Å². The van der Waals surface area contributed by atoms with Crippen molar-refractivity contribution in [1.82, 2.24) is 5.32 Å². The second-order valence-corrected chi connectivity index (χ2v) is 6.00. The first-order valence-corrected chi connectivity index (χ1v) is 8.19. The zero-order valence-electron chi connectivity index (χ0n) is 13.8. The van der Waals surface area contributed by atoms with E-state index in [1.54, 1.807) is 24.3 Å². The summed E-state index contributed by atoms with van der Waals surface area (Å²) in [4.78, 5) is 25.0. The number of Topliss-reactive ketones (excluding diaryl/α,β-unsaturated/α-hetero) is 1. The van der Waals surface area contributed by atoms with Crippen LogP contribution < -0.4 is 5.32 Å². The molecule has 0 saturated heterocycles. The number of carbonyl (C=O) groups is 2. The van der Waals surface area contributed by atoms with Crippen LogP contribution in [0.25, 0.3) is 22.6 Å². The van der Waals surface area contributed by atoms with E-state index in [0.717, 1.165) is 10.9 Å². The third-order valence-corrected chi connectivity index (χ3v) is 4.34. The molecule has 4 nitrogen and oxygen atoms in total. The van der Waals surface area contributed by atoms with Crippen LogP contribution in [0.5, 0.6) is 0 Å². The van der Waals surface area contributed by atoms with Crippen LogP contribution in [0.3, 0.4) is 0 Å². The Morgan fingerprint density at radius 3 is 2.31 bits per heavy atom. The summed E-state index contributed by atoms with van der Waals surface area (Å²) in [6, 6.07) is 20.2. The molecule has 4 rings (SSSR count). The molecule has 3 aromatic carbocycles. The number of ketones is 1. The topological polar surface area (TPSA) is 66.4 Å². The number of hydrogen-bond donors (Lipinski definition) is 2. The highest BCUT2D eigenvalue weighted by molar-refractivity contribution is 6.25. The van der Waals surface area contributed by atoms with Crippen LogP contribution in [0.1, 0.15) is 21.5 Å². The highest BCUT2D eigenvalue weighted by atomic mass is 16.3. The lowest BCUT2D eigenvalue weighted by atomic mass is 9.89. The smallest absolute Gasteiger partial charge is 0.248 e. The number of aliphatic hydroxyl groups excluding tert-OH is 1. The van der Waals surface area contributed by atoms with Gasteiger partial charge in [0.2, 0.25) is 11.7 Å². The van der Waals surface area contributed by atoms with Gasteiger partial charge in [0, 0.05) is 22.6 Å². The van der Waals surface area contributed by atoms with E-state index < -0.39 is 11.7 Å². The predicted molar refractivity (Wildman–Crippen MR) is 101 cm³/mol. The normalized spacial score (nSPS) is 13.5. The lowest BCUT2D eigenvalue weighted by Crippen LogP contribution is -2.29. The molecule has 1 aliphatic rings. The van der Waals surface area contributed by atoms with Gasteiger partial charge in [-0.25, -0.2) is 0 Å². The molecule has 0 radical (unpaired) electrons. The Morgan fingerprint density at radius 1 is 0.885 bits per heavy atom. The van der Waals surface area contributed by atoms with Crippen molar-refractivity contribution in [3.05, 3.63) is 95.2 Å². The van der Waals surface area contributed by atoms with E-state index in [0.29, 0.717) is 16.5 Å². The first-order valence-electron chi connectivity index (χ1n) is 8.19. The number of benzene rings is 3. The van der Waals surface area contributed by atoms with Crippen molar-refractivity contribution in [2.24, 2.45) is 0 Å². The molecule has 0 fully saturated rings. The van der Waals surface area contributed by atoms with Gasteiger partial charge in [-0.3, -0.25) is 9.59 Å². The van der Waals surface area contributed by atoms with E-state index in [1.165, 1.54) is 6.08 Å². The zero-order valence-corrected chi connectivity index (χ0v) is 13.8. The lowest BCUT2D eigenvalue weighted by Gasteiger charge is -2.19. The van der Waals surface area contributed by atoms with E-state index in [-0.39, 0.29) is 11.5 Å². The minimum absolute atomic E-state index is 0.0982. The molecule has 1 aliphatic carbocycles. The molecular formula is C22H15NO3. The fourth-order valence-corrected chi connectivity index (χ4v) is 3.12. The van der Waals surface area contributed by atoms with Gasteiger partial charge >= 0.3 is 0 Å². The van der Waals surface area contributed by atoms with Crippen LogP contribution in [0.15, 0.2) is 78.5 Å². The Labute approximate surface area is 150 Å². The number of nitrogens with one attached hydrogen (secondary N) is 1. The average Bonchev–Trinajstić information content (AvgIpc) is 2.68. The van der Waals surface area contributed by atoms with Crippen molar-refractivity contribution in [2.75, 3.05) is 0 Å². The van der Waals surface area contributed by atoms with Crippen molar-refractivity contribution < 1.29 is 14.7 Å². The standard InChI is InChI=1S/C22H15NO3/c24-18(13-12-14-6-2-1-3-7-14)23-20-21(25)16-10-4-8-15-9-5-11-17(19(15)16)22(20)26/h1-13,25H,(H,23,24). The second-order valence-electron chi connectivity index (χ2n) is 6.00. The largest absolute Gasteiger partial charge is 0.505 e. The van der Waals surface area contributed by atoms with Gasteiger partial charge in [-0.15, -0.1) is 0 Å². The quantitative estimate of drug-likeness (QED) is 0.705. The Balaban J connectivity index is 1.68. The van der Waals surface area contributed by atoms with Gasteiger partial charge in [-0.05, 0) is 17.0 Å². The summed E-state index contributed by atoms with van der Waals surface area (Å²) in [5.74, 6) is -1.08. The van der Waals surface area contributed by atoms with Crippen LogP contribution >= 0.6 is 0 Å². The monoisotopic (exact) mass is 341 g/mol. The molecule has 0 heterocycles. The Morgan fingerprint density at radius 2 is 1.58 bits per heavy atom. The van der Waals surface area contributed by atoms with Crippen LogP contribution in [0.2, 0.25) is 0 Å². The first-order chi connectivity index (χ1) is 12.6. The Bertz CT molecular complexity index is 1090. The van der Waals surface area contributed by atoms with Crippen molar-refractivity contribution >= 4 is 34.3 Å². The van der Waals surface area contributed by atoms with E-state index in [2.05, 4.69) is 5.32 Å². The van der Waals surface area contributed by atoms with E-state index in [9.17, 15) is 14.7 Å². The SMILES string of the molecule is O=C(C=Cc1ccccc1)NC1=C(O)c2cccc3cccc(c23)C1=O. The molecular weight excluding hydrogens is 326 g/mol. The molecule has 4 heteroatoms. The third-order valence-electron chi connectivity index (χ3n) is 4.34. The molecule has 0 unspecified atom stereocenters. The Kier molecular flexibility index (Phi) is 3.86. The average molecular weight is 341 g/mol. The van der Waals surface area contributed by atoms with Crippen LogP contribution in [-0.4, -0.2) is 16.8 Å².